The van der Waals surface area contributed by atoms with Crippen molar-refractivity contribution in [2.45, 2.75) is 0 Å². The van der Waals surface area contributed by atoms with E-state index in [1.165, 1.54) is 0 Å². The van der Waals surface area contributed by atoms with Crippen molar-refractivity contribution in [2.24, 2.45) is 0 Å². The summed E-state index contributed by atoms with van der Waals surface area (Å²) in [5.74, 6) is -0.139. The highest BCUT2D eigenvalue weighted by atomic mass is 127. The van der Waals surface area contributed by atoms with Gasteiger partial charge in [0.15, 0.2) is 0 Å². The van der Waals surface area contributed by atoms with Crippen molar-refractivity contribution >= 4 is 51.5 Å². The van der Waals surface area contributed by atoms with Crippen LogP contribution in [0.5, 0.6) is 0 Å². The molecule has 0 radical (unpaired) electrons. The van der Waals surface area contributed by atoms with E-state index in [2.05, 4.69) is 27.9 Å². The highest BCUT2D eigenvalue weighted by Gasteiger charge is 2.14. The Labute approximate surface area is 137 Å². The molecule has 0 saturated carbocycles. The van der Waals surface area contributed by atoms with Crippen molar-refractivity contribution in [3.63, 3.8) is 0 Å². The number of hydrogen-bond acceptors (Lipinski definition) is 2. The van der Waals surface area contributed by atoms with Crippen LogP contribution in [0, 0.1) is 3.57 Å². The fourth-order valence-electron chi connectivity index (χ4n) is 1.91. The van der Waals surface area contributed by atoms with Crippen molar-refractivity contribution in [1.29, 1.82) is 0 Å². The molecule has 2 aromatic carbocycles. The maximum Gasteiger partial charge on any atom is 0.256 e. The molecule has 0 aliphatic carbocycles. The molecule has 2 rings (SSSR count). The van der Waals surface area contributed by atoms with Crippen LogP contribution < -0.4 is 10.2 Å². The summed E-state index contributed by atoms with van der Waals surface area (Å²) in [5, 5.41) is 3.53. The molecule has 3 nitrogen and oxygen atoms in total. The molecule has 0 fully saturated rings. The smallest absolute Gasteiger partial charge is 0.256 e. The second kappa shape index (κ2) is 6.45. The minimum Gasteiger partial charge on any atom is -0.375 e. The molecule has 0 aliphatic rings. The summed E-state index contributed by atoms with van der Waals surface area (Å²) in [5.41, 5.74) is 2.15. The van der Waals surface area contributed by atoms with Gasteiger partial charge in [-0.25, -0.2) is 0 Å². The first-order valence-electron chi connectivity index (χ1n) is 6.02. The quantitative estimate of drug-likeness (QED) is 0.781. The zero-order chi connectivity index (χ0) is 14.7. The Kier molecular flexibility index (Phi) is 4.88. The number of rotatable bonds is 3. The van der Waals surface area contributed by atoms with Gasteiger partial charge in [0.25, 0.3) is 5.91 Å². The van der Waals surface area contributed by atoms with E-state index in [-0.39, 0.29) is 5.91 Å². The number of nitrogens with zero attached hydrogens (tertiary/aromatic N) is 1. The van der Waals surface area contributed by atoms with Crippen molar-refractivity contribution in [2.75, 3.05) is 24.3 Å². The molecule has 104 valence electrons. The predicted octanol–water partition coefficient (Wildman–Crippen LogP) is 4.26. The molecule has 0 aromatic heterocycles. The van der Waals surface area contributed by atoms with Gasteiger partial charge in [0.1, 0.15) is 0 Å². The van der Waals surface area contributed by atoms with Crippen LogP contribution in [-0.4, -0.2) is 20.0 Å². The molecule has 5 heteroatoms. The normalized spacial score (nSPS) is 10.2. The maximum absolute atomic E-state index is 12.3. The lowest BCUT2D eigenvalue weighted by atomic mass is 10.2. The average Bonchev–Trinajstić information content (AvgIpc) is 2.38. The second-order valence-electron chi connectivity index (χ2n) is 4.46. The standard InChI is InChI=1S/C15H14ClIN2O/c1-19(2)14-11(16)7-5-9-13(14)18-15(20)10-6-3-4-8-12(10)17/h3-9H,1-2H3,(H,18,20). The lowest BCUT2D eigenvalue weighted by molar-refractivity contribution is 0.102. The molecule has 0 unspecified atom stereocenters. The van der Waals surface area contributed by atoms with Gasteiger partial charge in [0.2, 0.25) is 0 Å². The van der Waals surface area contributed by atoms with Gasteiger partial charge in [0, 0.05) is 17.7 Å². The first-order valence-corrected chi connectivity index (χ1v) is 7.48. The Bertz CT molecular complexity index is 644. The number of para-hydroxylation sites is 1. The summed E-state index contributed by atoms with van der Waals surface area (Å²) in [6.07, 6.45) is 0. The molecule has 20 heavy (non-hydrogen) atoms. The van der Waals surface area contributed by atoms with Gasteiger partial charge in [-0.3, -0.25) is 4.79 Å². The van der Waals surface area contributed by atoms with Crippen LogP contribution in [0.25, 0.3) is 0 Å². The fourth-order valence-corrected chi connectivity index (χ4v) is 2.88. The Morgan fingerprint density at radius 2 is 1.85 bits per heavy atom. The number of nitrogens with one attached hydrogen (secondary N) is 1. The van der Waals surface area contributed by atoms with E-state index in [4.69, 9.17) is 11.6 Å². The molecule has 2 aromatic rings. The minimum absolute atomic E-state index is 0.139. The van der Waals surface area contributed by atoms with Crippen molar-refractivity contribution in [1.82, 2.24) is 0 Å². The molecular formula is C15H14ClIN2O. The summed E-state index contributed by atoms with van der Waals surface area (Å²) < 4.78 is 0.913. The third kappa shape index (κ3) is 3.24. The first-order chi connectivity index (χ1) is 9.50. The minimum atomic E-state index is -0.139. The molecule has 0 aliphatic heterocycles. The maximum atomic E-state index is 12.3. The number of carbonyl (C=O) groups excluding carboxylic acids is 1. The summed E-state index contributed by atoms with van der Waals surface area (Å²) in [4.78, 5) is 14.2. The van der Waals surface area contributed by atoms with Gasteiger partial charge >= 0.3 is 0 Å². The second-order valence-corrected chi connectivity index (χ2v) is 6.03. The van der Waals surface area contributed by atoms with E-state index < -0.39 is 0 Å². The lowest BCUT2D eigenvalue weighted by Crippen LogP contribution is -2.17. The van der Waals surface area contributed by atoms with Gasteiger partial charge in [-0.1, -0.05) is 29.8 Å². The van der Waals surface area contributed by atoms with Crippen LogP contribution >= 0.6 is 34.2 Å². The van der Waals surface area contributed by atoms with Crippen LogP contribution in [0.3, 0.4) is 0 Å². The first kappa shape index (κ1) is 15.1. The predicted molar refractivity (Wildman–Crippen MR) is 92.9 cm³/mol. The molecule has 0 spiro atoms. The molecule has 0 saturated heterocycles. The van der Waals surface area contributed by atoms with Gasteiger partial charge in [-0.2, -0.15) is 0 Å². The number of amides is 1. The zero-order valence-corrected chi connectivity index (χ0v) is 14.1. The number of hydrogen-bond donors (Lipinski definition) is 1. The van der Waals surface area contributed by atoms with Crippen LogP contribution in [0.15, 0.2) is 42.5 Å². The Morgan fingerprint density at radius 3 is 2.50 bits per heavy atom. The summed E-state index contributed by atoms with van der Waals surface area (Å²) in [6, 6.07) is 12.9. The third-order valence-corrected chi connectivity index (χ3v) is 4.05. The van der Waals surface area contributed by atoms with Crippen LogP contribution in [-0.2, 0) is 0 Å². The summed E-state index contributed by atoms with van der Waals surface area (Å²) >= 11 is 8.34. The molecule has 0 heterocycles. The van der Waals surface area contributed by atoms with Gasteiger partial charge in [-0.15, -0.1) is 0 Å². The zero-order valence-electron chi connectivity index (χ0n) is 11.2. The van der Waals surface area contributed by atoms with Crippen molar-refractivity contribution in [3.8, 4) is 0 Å². The molecule has 1 N–H and O–H groups in total. The van der Waals surface area contributed by atoms with Crippen molar-refractivity contribution < 1.29 is 4.79 Å². The number of halogens is 2. The Hall–Kier alpha value is -1.27. The van der Waals surface area contributed by atoms with E-state index in [9.17, 15) is 4.79 Å². The molecule has 0 atom stereocenters. The molecular weight excluding hydrogens is 387 g/mol. The number of anilines is 2. The highest BCUT2D eigenvalue weighted by molar-refractivity contribution is 14.1. The third-order valence-electron chi connectivity index (χ3n) is 2.80. The average molecular weight is 401 g/mol. The largest absolute Gasteiger partial charge is 0.375 e. The van der Waals surface area contributed by atoms with E-state index in [0.29, 0.717) is 16.3 Å². The number of carbonyl (C=O) groups is 1. The van der Waals surface area contributed by atoms with Gasteiger partial charge in [-0.05, 0) is 46.9 Å². The highest BCUT2D eigenvalue weighted by Crippen LogP contribution is 2.32. The monoisotopic (exact) mass is 400 g/mol. The van der Waals surface area contributed by atoms with Crippen molar-refractivity contribution in [3.05, 3.63) is 56.6 Å². The van der Waals surface area contributed by atoms with E-state index in [1.54, 1.807) is 12.1 Å². The van der Waals surface area contributed by atoms with E-state index >= 15 is 0 Å². The van der Waals surface area contributed by atoms with E-state index in [1.807, 2.05) is 49.3 Å². The van der Waals surface area contributed by atoms with Crippen LogP contribution in [0.2, 0.25) is 5.02 Å². The van der Waals surface area contributed by atoms with Crippen LogP contribution in [0.1, 0.15) is 10.4 Å². The van der Waals surface area contributed by atoms with E-state index in [0.717, 1.165) is 9.26 Å². The Balaban J connectivity index is 2.34. The Morgan fingerprint density at radius 1 is 1.15 bits per heavy atom. The number of benzene rings is 2. The van der Waals surface area contributed by atoms with Gasteiger partial charge in [0.05, 0.1) is 22.0 Å². The summed E-state index contributed by atoms with van der Waals surface area (Å²) in [6.45, 7) is 0. The van der Waals surface area contributed by atoms with Crippen LogP contribution in [0.4, 0.5) is 11.4 Å². The lowest BCUT2D eigenvalue weighted by Gasteiger charge is -2.19. The molecule has 0 bridgehead atoms. The molecule has 1 amide bonds. The fraction of sp³-hybridized carbons (Fsp3) is 0.133. The summed E-state index contributed by atoms with van der Waals surface area (Å²) in [7, 11) is 3.78. The van der Waals surface area contributed by atoms with Gasteiger partial charge < -0.3 is 10.2 Å². The SMILES string of the molecule is CN(C)c1c(Cl)cccc1NC(=O)c1ccccc1I. The topological polar surface area (TPSA) is 32.3 Å².